The molecule has 1 aromatic rings. The molecule has 74 valence electrons. The van der Waals surface area contributed by atoms with Crippen LogP contribution in [0.5, 0.6) is 0 Å². The van der Waals surface area contributed by atoms with E-state index >= 15 is 0 Å². The van der Waals surface area contributed by atoms with Gasteiger partial charge in [-0.05, 0) is 19.1 Å². The number of carbonyl (C=O) groups excluding carboxylic acids is 1. The van der Waals surface area contributed by atoms with E-state index < -0.39 is 0 Å². The zero-order chi connectivity index (χ0) is 10.6. The fourth-order valence-electron chi connectivity index (χ4n) is 0.800. The van der Waals surface area contributed by atoms with Gasteiger partial charge in [-0.2, -0.15) is 12.6 Å². The van der Waals surface area contributed by atoms with Crippen LogP contribution in [-0.2, 0) is 4.79 Å². The average Bonchev–Trinajstić information content (AvgIpc) is 2.19. The van der Waals surface area contributed by atoms with Gasteiger partial charge < -0.3 is 11.1 Å². The molecule has 0 aliphatic carbocycles. The van der Waals surface area contributed by atoms with E-state index in [2.05, 4.69) is 29.5 Å². The molecule has 0 spiro atoms. The molecule has 0 aliphatic heterocycles. The van der Waals surface area contributed by atoms with E-state index in [-0.39, 0.29) is 11.2 Å². The predicted molar refractivity (Wildman–Crippen MR) is 57.8 cm³/mol. The molecule has 1 atom stereocenters. The maximum absolute atomic E-state index is 11.2. The summed E-state index contributed by atoms with van der Waals surface area (Å²) in [5, 5.41) is 2.30. The van der Waals surface area contributed by atoms with E-state index in [1.54, 1.807) is 19.1 Å². The van der Waals surface area contributed by atoms with Crippen LogP contribution in [-0.4, -0.2) is 16.1 Å². The van der Waals surface area contributed by atoms with Crippen molar-refractivity contribution in [1.29, 1.82) is 0 Å². The van der Waals surface area contributed by atoms with Crippen molar-refractivity contribution in [2.45, 2.75) is 12.2 Å². The number of aromatic nitrogens is 1. The van der Waals surface area contributed by atoms with Crippen LogP contribution in [0.25, 0.3) is 0 Å². The van der Waals surface area contributed by atoms with Crippen molar-refractivity contribution in [1.82, 2.24) is 4.98 Å². The smallest absolute Gasteiger partial charge is 0.236 e. The van der Waals surface area contributed by atoms with Crippen LogP contribution in [0.1, 0.15) is 12.6 Å². The Morgan fingerprint density at radius 1 is 1.71 bits per heavy atom. The van der Waals surface area contributed by atoms with E-state index in [0.29, 0.717) is 11.4 Å². The first kappa shape index (κ1) is 11.0. The molecule has 0 saturated carbocycles. The Labute approximate surface area is 88.3 Å². The Hall–Kier alpha value is -1.07. The lowest BCUT2D eigenvalue weighted by atomic mass is 10.3. The molecule has 0 aliphatic rings. The van der Waals surface area contributed by atoms with Crippen LogP contribution in [0, 0.1) is 6.54 Å². The lowest BCUT2D eigenvalue weighted by Crippen LogP contribution is -2.20. The number of nitrogens with zero attached hydrogens (tertiary/aromatic N) is 1. The van der Waals surface area contributed by atoms with Gasteiger partial charge in [0.1, 0.15) is 6.54 Å². The van der Waals surface area contributed by atoms with E-state index in [1.165, 1.54) is 6.20 Å². The predicted octanol–water partition coefficient (Wildman–Crippen LogP) is 0.684. The van der Waals surface area contributed by atoms with Crippen LogP contribution in [0.3, 0.4) is 0 Å². The van der Waals surface area contributed by atoms with Crippen molar-refractivity contribution >= 4 is 24.2 Å². The first-order chi connectivity index (χ1) is 6.63. The first-order valence-corrected chi connectivity index (χ1v) is 4.56. The van der Waals surface area contributed by atoms with Crippen LogP contribution in [0.2, 0.25) is 0 Å². The zero-order valence-corrected chi connectivity index (χ0v) is 8.58. The molecule has 1 unspecified atom stereocenters. The molecule has 0 fully saturated rings. The third kappa shape index (κ3) is 3.01. The molecule has 1 amide bonds. The molecule has 14 heavy (non-hydrogen) atoms. The van der Waals surface area contributed by atoms with E-state index in [9.17, 15) is 4.79 Å². The lowest BCUT2D eigenvalue weighted by Gasteiger charge is -2.06. The lowest BCUT2D eigenvalue weighted by molar-refractivity contribution is -0.115. The fraction of sp³-hybridized carbons (Fsp3) is 0.222. The summed E-state index contributed by atoms with van der Waals surface area (Å²) in [5.41, 5.74) is 6.30. The van der Waals surface area contributed by atoms with Crippen molar-refractivity contribution < 1.29 is 4.79 Å². The van der Waals surface area contributed by atoms with Gasteiger partial charge in [0.2, 0.25) is 5.91 Å². The molecule has 1 heterocycles. The molecule has 1 rings (SSSR count). The Morgan fingerprint density at radius 3 is 2.86 bits per heavy atom. The number of hydrogen-bond acceptors (Lipinski definition) is 4. The van der Waals surface area contributed by atoms with Crippen molar-refractivity contribution in [3.05, 3.63) is 30.6 Å². The van der Waals surface area contributed by atoms with Crippen molar-refractivity contribution in [3.63, 3.8) is 0 Å². The highest BCUT2D eigenvalue weighted by molar-refractivity contribution is 7.81. The summed E-state index contributed by atoms with van der Waals surface area (Å²) >= 11 is 4.00. The molecule has 1 aromatic heterocycles. The first-order valence-electron chi connectivity index (χ1n) is 4.05. The average molecular weight is 209 g/mol. The Balaban J connectivity index is 2.64. The highest BCUT2D eigenvalue weighted by atomic mass is 32.1. The SMILES string of the molecule is CC(S)C(=O)Nc1ccc([C]N)nc1. The maximum Gasteiger partial charge on any atom is 0.236 e. The summed E-state index contributed by atoms with van der Waals surface area (Å²) in [6.45, 7) is 4.09. The molecular formula is C9H11N3OS. The highest BCUT2D eigenvalue weighted by Gasteiger charge is 2.07. The number of pyridine rings is 1. The number of amides is 1. The maximum atomic E-state index is 11.2. The largest absolute Gasteiger partial charge is 0.324 e. The van der Waals surface area contributed by atoms with E-state index in [1.807, 2.05) is 0 Å². The number of hydrogen-bond donors (Lipinski definition) is 3. The summed E-state index contributed by atoms with van der Waals surface area (Å²) in [4.78, 5) is 15.1. The Kier molecular flexibility index (Phi) is 3.91. The molecule has 0 aromatic carbocycles. The number of nitrogens with two attached hydrogens (primary N) is 1. The molecule has 4 nitrogen and oxygen atoms in total. The number of thiol groups is 1. The Morgan fingerprint density at radius 2 is 2.43 bits per heavy atom. The van der Waals surface area contributed by atoms with Crippen molar-refractivity contribution in [3.8, 4) is 0 Å². The summed E-state index contributed by atoms with van der Waals surface area (Å²) in [7, 11) is 0. The molecule has 0 saturated heterocycles. The Bertz CT molecular complexity index is 310. The van der Waals surface area contributed by atoms with Gasteiger partial charge in [0.25, 0.3) is 0 Å². The monoisotopic (exact) mass is 209 g/mol. The summed E-state index contributed by atoms with van der Waals surface area (Å²) in [6.07, 6.45) is 1.52. The summed E-state index contributed by atoms with van der Waals surface area (Å²) in [6, 6.07) is 3.37. The number of nitrogens with one attached hydrogen (secondary N) is 1. The molecule has 0 bridgehead atoms. The number of rotatable bonds is 3. The molecular weight excluding hydrogens is 198 g/mol. The second-order valence-corrected chi connectivity index (χ2v) is 3.52. The minimum absolute atomic E-state index is 0.163. The van der Waals surface area contributed by atoms with Gasteiger partial charge in [-0.15, -0.1) is 0 Å². The van der Waals surface area contributed by atoms with Gasteiger partial charge in [0.15, 0.2) is 0 Å². The second-order valence-electron chi connectivity index (χ2n) is 2.74. The van der Waals surface area contributed by atoms with Crippen LogP contribution in [0.4, 0.5) is 5.69 Å². The van der Waals surface area contributed by atoms with E-state index in [4.69, 9.17) is 5.73 Å². The normalized spacial score (nSPS) is 12.2. The van der Waals surface area contributed by atoms with Gasteiger partial charge in [-0.3, -0.25) is 9.78 Å². The quantitative estimate of drug-likeness (QED) is 0.506. The summed E-state index contributed by atoms with van der Waals surface area (Å²) < 4.78 is 0. The van der Waals surface area contributed by atoms with Gasteiger partial charge in [-0.1, -0.05) is 0 Å². The molecule has 2 radical (unpaired) electrons. The van der Waals surface area contributed by atoms with E-state index in [0.717, 1.165) is 0 Å². The van der Waals surface area contributed by atoms with Crippen molar-refractivity contribution in [2.75, 3.05) is 5.32 Å². The number of carbonyl (C=O) groups is 1. The molecule has 3 N–H and O–H groups in total. The standard InChI is InChI=1S/C9H11N3OS/c1-6(14)9(13)12-8-3-2-7(4-10)11-5-8/h2-3,5-6,14H,10H2,1H3,(H,12,13). The van der Waals surface area contributed by atoms with Crippen LogP contribution in [0.15, 0.2) is 18.3 Å². The number of anilines is 1. The minimum Gasteiger partial charge on any atom is -0.324 e. The van der Waals surface area contributed by atoms with Gasteiger partial charge in [0.05, 0.1) is 22.8 Å². The van der Waals surface area contributed by atoms with Gasteiger partial charge in [0, 0.05) is 0 Å². The second kappa shape index (κ2) is 4.97. The van der Waals surface area contributed by atoms with Crippen LogP contribution >= 0.6 is 12.6 Å². The zero-order valence-electron chi connectivity index (χ0n) is 7.69. The fourth-order valence-corrected chi connectivity index (χ4v) is 0.864. The van der Waals surface area contributed by atoms with Gasteiger partial charge in [-0.25, -0.2) is 0 Å². The summed E-state index contributed by atoms with van der Waals surface area (Å²) in [5.74, 6) is -0.163. The topological polar surface area (TPSA) is 68.0 Å². The third-order valence-corrected chi connectivity index (χ3v) is 1.79. The minimum atomic E-state index is -0.345. The van der Waals surface area contributed by atoms with Gasteiger partial charge >= 0.3 is 0 Å². The third-order valence-electron chi connectivity index (χ3n) is 1.56. The van der Waals surface area contributed by atoms with Crippen LogP contribution < -0.4 is 11.1 Å². The van der Waals surface area contributed by atoms with Crippen molar-refractivity contribution in [2.24, 2.45) is 5.73 Å². The molecule has 5 heteroatoms. The highest BCUT2D eigenvalue weighted by Crippen LogP contribution is 2.07.